The van der Waals surface area contributed by atoms with E-state index in [1.807, 2.05) is 30.1 Å². The Morgan fingerprint density at radius 2 is 2.19 bits per heavy atom. The summed E-state index contributed by atoms with van der Waals surface area (Å²) in [4.78, 5) is 0. The van der Waals surface area contributed by atoms with Gasteiger partial charge in [-0.1, -0.05) is 13.0 Å². The first-order valence-corrected chi connectivity index (χ1v) is 7.53. The third-order valence-electron chi connectivity index (χ3n) is 3.60. The molecule has 0 aliphatic carbocycles. The van der Waals surface area contributed by atoms with Crippen LogP contribution < -0.4 is 10.1 Å². The Morgan fingerprint density at radius 1 is 1.38 bits per heavy atom. The van der Waals surface area contributed by atoms with Gasteiger partial charge in [-0.15, -0.1) is 0 Å². The van der Waals surface area contributed by atoms with Crippen molar-refractivity contribution in [3.8, 4) is 5.75 Å². The Morgan fingerprint density at radius 3 is 2.81 bits per heavy atom. The van der Waals surface area contributed by atoms with E-state index in [2.05, 4.69) is 36.4 Å². The molecule has 114 valence electrons. The summed E-state index contributed by atoms with van der Waals surface area (Å²) in [6.45, 7) is 8.18. The third-order valence-corrected chi connectivity index (χ3v) is 3.60. The van der Waals surface area contributed by atoms with Gasteiger partial charge in [0.2, 0.25) is 0 Å². The van der Waals surface area contributed by atoms with Crippen molar-refractivity contribution in [2.45, 2.75) is 39.8 Å². The van der Waals surface area contributed by atoms with Crippen LogP contribution in [0, 0.1) is 6.92 Å². The number of aryl methyl sites for hydroxylation is 1. The lowest BCUT2D eigenvalue weighted by molar-refractivity contribution is 0.406. The van der Waals surface area contributed by atoms with Gasteiger partial charge in [-0.25, -0.2) is 0 Å². The highest BCUT2D eigenvalue weighted by Gasteiger charge is 2.10. The van der Waals surface area contributed by atoms with Gasteiger partial charge in [-0.3, -0.25) is 4.68 Å². The zero-order chi connectivity index (χ0) is 15.2. The number of aromatic nitrogens is 2. The number of nitrogens with one attached hydrogen (secondary N) is 1. The van der Waals surface area contributed by atoms with E-state index in [-0.39, 0.29) is 0 Å². The van der Waals surface area contributed by atoms with Crippen molar-refractivity contribution < 1.29 is 4.74 Å². The minimum absolute atomic E-state index is 0.342. The number of rotatable bonds is 7. The summed E-state index contributed by atoms with van der Waals surface area (Å²) in [6.07, 6.45) is 5.06. The van der Waals surface area contributed by atoms with Gasteiger partial charge < -0.3 is 10.1 Å². The molecule has 1 aromatic carbocycles. The van der Waals surface area contributed by atoms with Crippen LogP contribution in [0.3, 0.4) is 0 Å². The van der Waals surface area contributed by atoms with Gasteiger partial charge in [0.25, 0.3) is 0 Å². The average molecular weight is 287 g/mol. The van der Waals surface area contributed by atoms with Crippen LogP contribution in [0.2, 0.25) is 0 Å². The number of benzene rings is 1. The minimum Gasteiger partial charge on any atom is -0.496 e. The fourth-order valence-electron chi connectivity index (χ4n) is 2.40. The summed E-state index contributed by atoms with van der Waals surface area (Å²) >= 11 is 0. The molecule has 0 fully saturated rings. The lowest BCUT2D eigenvalue weighted by Crippen LogP contribution is -2.19. The van der Waals surface area contributed by atoms with E-state index in [4.69, 9.17) is 4.74 Å². The molecule has 1 unspecified atom stereocenters. The van der Waals surface area contributed by atoms with Crippen LogP contribution in [0.1, 0.15) is 43.0 Å². The Balaban J connectivity index is 2.21. The molecule has 0 aliphatic heterocycles. The fourth-order valence-corrected chi connectivity index (χ4v) is 2.40. The Bertz CT molecular complexity index is 577. The van der Waals surface area contributed by atoms with E-state index in [0.29, 0.717) is 6.04 Å². The molecule has 0 bridgehead atoms. The number of methoxy groups -OCH3 is 1. The predicted octanol–water partition coefficient (Wildman–Crippen LogP) is 3.31. The fraction of sp³-hybridized carbons (Fsp3) is 0.471. The molecule has 1 aromatic heterocycles. The van der Waals surface area contributed by atoms with Crippen LogP contribution in [0.4, 0.5) is 0 Å². The second kappa shape index (κ2) is 7.27. The molecule has 0 amide bonds. The Kier molecular flexibility index (Phi) is 5.39. The maximum atomic E-state index is 5.48. The van der Waals surface area contributed by atoms with Crippen molar-refractivity contribution in [3.63, 3.8) is 0 Å². The number of ether oxygens (including phenoxy) is 1. The molecular formula is C17H25N3O. The molecule has 4 nitrogen and oxygen atoms in total. The quantitative estimate of drug-likeness (QED) is 0.849. The van der Waals surface area contributed by atoms with Crippen LogP contribution in [-0.4, -0.2) is 23.4 Å². The van der Waals surface area contributed by atoms with Gasteiger partial charge in [0.05, 0.1) is 19.9 Å². The molecular weight excluding hydrogens is 262 g/mol. The van der Waals surface area contributed by atoms with Crippen LogP contribution in [0.15, 0.2) is 30.6 Å². The van der Waals surface area contributed by atoms with Crippen LogP contribution >= 0.6 is 0 Å². The highest BCUT2D eigenvalue weighted by atomic mass is 16.5. The van der Waals surface area contributed by atoms with Gasteiger partial charge in [0.15, 0.2) is 0 Å². The van der Waals surface area contributed by atoms with E-state index < -0.39 is 0 Å². The van der Waals surface area contributed by atoms with Gasteiger partial charge in [0.1, 0.15) is 5.75 Å². The number of nitrogens with zero attached hydrogens (tertiary/aromatic N) is 2. The summed E-state index contributed by atoms with van der Waals surface area (Å²) in [6, 6.07) is 6.73. The SMILES string of the molecule is CCCNC(C)c1ccc(OC)c(Cn2cc(C)cn2)c1. The van der Waals surface area contributed by atoms with E-state index in [1.54, 1.807) is 7.11 Å². The first kappa shape index (κ1) is 15.6. The summed E-state index contributed by atoms with van der Waals surface area (Å²) in [5, 5.41) is 7.87. The van der Waals surface area contributed by atoms with Crippen molar-refractivity contribution in [1.29, 1.82) is 0 Å². The lowest BCUT2D eigenvalue weighted by Gasteiger charge is -2.17. The maximum Gasteiger partial charge on any atom is 0.123 e. The van der Waals surface area contributed by atoms with Crippen LogP contribution in [0.5, 0.6) is 5.75 Å². The molecule has 0 spiro atoms. The van der Waals surface area contributed by atoms with Crippen LogP contribution in [-0.2, 0) is 6.54 Å². The van der Waals surface area contributed by atoms with Crippen molar-refractivity contribution >= 4 is 0 Å². The minimum atomic E-state index is 0.342. The highest BCUT2D eigenvalue weighted by Crippen LogP contribution is 2.24. The molecule has 2 rings (SSSR count). The topological polar surface area (TPSA) is 39.1 Å². The second-order valence-corrected chi connectivity index (χ2v) is 5.46. The molecule has 0 radical (unpaired) electrons. The second-order valence-electron chi connectivity index (χ2n) is 5.46. The first-order chi connectivity index (χ1) is 10.1. The lowest BCUT2D eigenvalue weighted by atomic mass is 10.0. The third kappa shape index (κ3) is 4.08. The van der Waals surface area contributed by atoms with Gasteiger partial charge in [-0.05, 0) is 50.1 Å². The van der Waals surface area contributed by atoms with E-state index >= 15 is 0 Å². The summed E-state index contributed by atoms with van der Waals surface area (Å²) in [5.41, 5.74) is 3.61. The smallest absolute Gasteiger partial charge is 0.123 e. The molecule has 4 heteroatoms. The van der Waals surface area contributed by atoms with Crippen molar-refractivity contribution in [1.82, 2.24) is 15.1 Å². The molecule has 2 aromatic rings. The molecule has 1 atom stereocenters. The number of hydrogen-bond acceptors (Lipinski definition) is 3. The maximum absolute atomic E-state index is 5.48. The van der Waals surface area contributed by atoms with Crippen LogP contribution in [0.25, 0.3) is 0 Å². The van der Waals surface area contributed by atoms with Crippen molar-refractivity contribution in [3.05, 3.63) is 47.3 Å². The summed E-state index contributed by atoms with van der Waals surface area (Å²) < 4.78 is 7.42. The van der Waals surface area contributed by atoms with Crippen molar-refractivity contribution in [2.24, 2.45) is 0 Å². The Labute approximate surface area is 127 Å². The Hall–Kier alpha value is -1.81. The monoisotopic (exact) mass is 287 g/mol. The molecule has 1 N–H and O–H groups in total. The molecule has 0 saturated heterocycles. The molecule has 21 heavy (non-hydrogen) atoms. The predicted molar refractivity (Wildman–Crippen MR) is 85.8 cm³/mol. The van der Waals surface area contributed by atoms with E-state index in [1.165, 1.54) is 11.1 Å². The van der Waals surface area contributed by atoms with Gasteiger partial charge >= 0.3 is 0 Å². The highest BCUT2D eigenvalue weighted by molar-refractivity contribution is 5.38. The number of hydrogen-bond donors (Lipinski definition) is 1. The largest absolute Gasteiger partial charge is 0.496 e. The standard InChI is InChI=1S/C17H25N3O/c1-5-8-18-14(3)15-6-7-17(21-4)16(9-15)12-20-11-13(2)10-19-20/h6-7,9-11,14,18H,5,8,12H2,1-4H3. The first-order valence-electron chi connectivity index (χ1n) is 7.53. The normalized spacial score (nSPS) is 12.4. The molecule has 0 aliphatic rings. The summed E-state index contributed by atoms with van der Waals surface area (Å²) in [5.74, 6) is 0.912. The zero-order valence-corrected chi connectivity index (χ0v) is 13.4. The van der Waals surface area contributed by atoms with Gasteiger partial charge in [0, 0.05) is 17.8 Å². The molecule has 1 heterocycles. The van der Waals surface area contributed by atoms with Gasteiger partial charge in [-0.2, -0.15) is 5.10 Å². The average Bonchev–Trinajstić information content (AvgIpc) is 2.89. The van der Waals surface area contributed by atoms with Crippen molar-refractivity contribution in [2.75, 3.05) is 13.7 Å². The zero-order valence-electron chi connectivity index (χ0n) is 13.4. The van der Waals surface area contributed by atoms with E-state index in [0.717, 1.165) is 30.8 Å². The summed E-state index contributed by atoms with van der Waals surface area (Å²) in [7, 11) is 1.71. The van der Waals surface area contributed by atoms with E-state index in [9.17, 15) is 0 Å². The molecule has 0 saturated carbocycles.